The second-order valence-corrected chi connectivity index (χ2v) is 6.47. The van der Waals surface area contributed by atoms with E-state index in [1.165, 1.54) is 6.92 Å². The highest BCUT2D eigenvalue weighted by Gasteiger charge is 2.13. The minimum absolute atomic E-state index is 0.119. The first-order valence-electron chi connectivity index (χ1n) is 7.79. The second-order valence-electron chi connectivity index (χ2n) is 5.49. The summed E-state index contributed by atoms with van der Waals surface area (Å²) in [6, 6.07) is 10.4. The van der Waals surface area contributed by atoms with E-state index in [4.69, 9.17) is 4.74 Å². The van der Waals surface area contributed by atoms with Crippen molar-refractivity contribution < 1.29 is 19.1 Å². The van der Waals surface area contributed by atoms with Gasteiger partial charge in [-0.3, -0.25) is 9.59 Å². The van der Waals surface area contributed by atoms with Crippen molar-refractivity contribution in [3.8, 4) is 0 Å². The van der Waals surface area contributed by atoms with E-state index in [2.05, 4.69) is 10.6 Å². The number of hydrogen-bond donors (Lipinski definition) is 2. The number of hydrogen-bond acceptors (Lipinski definition) is 5. The van der Waals surface area contributed by atoms with Crippen LogP contribution in [0, 0.1) is 0 Å². The quantitative estimate of drug-likeness (QED) is 0.743. The average molecular weight is 360 g/mol. The van der Waals surface area contributed by atoms with Crippen LogP contribution in [0.25, 0.3) is 0 Å². The summed E-state index contributed by atoms with van der Waals surface area (Å²) in [4.78, 5) is 35.7. The second kappa shape index (κ2) is 8.98. The van der Waals surface area contributed by atoms with Gasteiger partial charge in [0.1, 0.15) is 0 Å². The van der Waals surface area contributed by atoms with E-state index in [-0.39, 0.29) is 24.5 Å². The van der Waals surface area contributed by atoms with E-state index < -0.39 is 5.97 Å². The first-order valence-corrected chi connectivity index (χ1v) is 8.67. The molecule has 0 aliphatic rings. The van der Waals surface area contributed by atoms with Gasteiger partial charge in [0.05, 0.1) is 11.6 Å². The summed E-state index contributed by atoms with van der Waals surface area (Å²) in [6.45, 7) is 3.38. The first-order chi connectivity index (χ1) is 12.0. The summed E-state index contributed by atoms with van der Waals surface area (Å²) in [5.41, 5.74) is 1.22. The van der Waals surface area contributed by atoms with Gasteiger partial charge in [0, 0.05) is 18.3 Å². The number of esters is 1. The lowest BCUT2D eigenvalue weighted by atomic mass is 10.1. The molecule has 7 heteroatoms. The molecule has 1 atom stereocenters. The maximum Gasteiger partial charge on any atom is 0.338 e. The van der Waals surface area contributed by atoms with Gasteiger partial charge in [-0.2, -0.15) is 0 Å². The van der Waals surface area contributed by atoms with E-state index >= 15 is 0 Å². The minimum Gasteiger partial charge on any atom is -0.452 e. The third-order valence-corrected chi connectivity index (χ3v) is 4.47. The molecular formula is C18H20N2O4S. The van der Waals surface area contributed by atoms with E-state index in [1.54, 1.807) is 35.6 Å². The Morgan fingerprint density at radius 2 is 1.88 bits per heavy atom. The van der Waals surface area contributed by atoms with E-state index in [1.807, 2.05) is 24.4 Å². The van der Waals surface area contributed by atoms with Gasteiger partial charge in [-0.05, 0) is 36.1 Å². The van der Waals surface area contributed by atoms with Crippen LogP contribution in [0.3, 0.4) is 0 Å². The number of thiophene rings is 1. The van der Waals surface area contributed by atoms with Crippen molar-refractivity contribution in [2.45, 2.75) is 26.4 Å². The molecule has 0 spiro atoms. The molecule has 2 rings (SSSR count). The Bertz CT molecular complexity index is 726. The van der Waals surface area contributed by atoms with Gasteiger partial charge in [0.25, 0.3) is 5.91 Å². The first kappa shape index (κ1) is 18.7. The van der Waals surface area contributed by atoms with Crippen molar-refractivity contribution in [3.05, 3.63) is 57.8 Å². The standard InChI is InChI=1S/C18H20N2O4S/c1-12(16-4-3-9-25-16)20-17(22)11-24-18(23)15-7-5-14(6-8-15)10-19-13(2)21/h3-9,12H,10-11H2,1-2H3,(H,19,21)(H,20,22). The van der Waals surface area contributed by atoms with Crippen LogP contribution in [0.1, 0.15) is 40.7 Å². The van der Waals surface area contributed by atoms with Gasteiger partial charge >= 0.3 is 5.97 Å². The Balaban J connectivity index is 1.79. The molecule has 2 amide bonds. The zero-order chi connectivity index (χ0) is 18.2. The molecule has 1 aromatic carbocycles. The molecule has 132 valence electrons. The summed E-state index contributed by atoms with van der Waals surface area (Å²) < 4.78 is 5.03. The van der Waals surface area contributed by atoms with E-state index in [0.717, 1.165) is 10.4 Å². The van der Waals surface area contributed by atoms with E-state index in [9.17, 15) is 14.4 Å². The summed E-state index contributed by atoms with van der Waals surface area (Å²) >= 11 is 1.55. The molecule has 0 saturated heterocycles. The Kier molecular flexibility index (Phi) is 6.71. The zero-order valence-electron chi connectivity index (χ0n) is 14.1. The molecule has 6 nitrogen and oxygen atoms in total. The highest BCUT2D eigenvalue weighted by Crippen LogP contribution is 2.17. The Hall–Kier alpha value is -2.67. The third kappa shape index (κ3) is 6.04. The Morgan fingerprint density at radius 1 is 1.16 bits per heavy atom. The number of carbonyl (C=O) groups excluding carboxylic acids is 3. The Morgan fingerprint density at radius 3 is 2.48 bits per heavy atom. The fourth-order valence-electron chi connectivity index (χ4n) is 2.09. The number of carbonyl (C=O) groups is 3. The van der Waals surface area contributed by atoms with Gasteiger partial charge in [-0.25, -0.2) is 4.79 Å². The van der Waals surface area contributed by atoms with Crippen molar-refractivity contribution in [1.82, 2.24) is 10.6 Å². The predicted molar refractivity (Wildman–Crippen MR) is 95.1 cm³/mol. The molecule has 2 aromatic rings. The number of ether oxygens (including phenoxy) is 1. The molecule has 2 N–H and O–H groups in total. The molecule has 0 aliphatic heterocycles. The molecule has 1 aromatic heterocycles. The largest absolute Gasteiger partial charge is 0.452 e. The fourth-order valence-corrected chi connectivity index (χ4v) is 2.83. The number of benzene rings is 1. The smallest absolute Gasteiger partial charge is 0.338 e. The van der Waals surface area contributed by atoms with Crippen LogP contribution < -0.4 is 10.6 Å². The van der Waals surface area contributed by atoms with Gasteiger partial charge in [-0.1, -0.05) is 18.2 Å². The fraction of sp³-hybridized carbons (Fsp3) is 0.278. The Labute approximate surface area is 150 Å². The van der Waals surface area contributed by atoms with Crippen LogP contribution in [-0.4, -0.2) is 24.4 Å². The van der Waals surface area contributed by atoms with Crippen LogP contribution in [0.2, 0.25) is 0 Å². The maximum atomic E-state index is 12.0. The molecule has 0 aliphatic carbocycles. The molecule has 0 bridgehead atoms. The van der Waals surface area contributed by atoms with Crippen molar-refractivity contribution >= 4 is 29.1 Å². The lowest BCUT2D eigenvalue weighted by Crippen LogP contribution is -2.30. The predicted octanol–water partition coefficient (Wildman–Crippen LogP) is 2.42. The highest BCUT2D eigenvalue weighted by atomic mass is 32.1. The van der Waals surface area contributed by atoms with Gasteiger partial charge in [-0.15, -0.1) is 11.3 Å². The molecule has 1 unspecified atom stereocenters. The molecular weight excluding hydrogens is 340 g/mol. The minimum atomic E-state index is -0.565. The normalized spacial score (nSPS) is 11.4. The molecule has 0 saturated carbocycles. The lowest BCUT2D eigenvalue weighted by molar-refractivity contribution is -0.124. The van der Waals surface area contributed by atoms with Gasteiger partial charge in [0.2, 0.25) is 5.91 Å². The third-order valence-electron chi connectivity index (χ3n) is 3.41. The zero-order valence-corrected chi connectivity index (χ0v) is 14.9. The molecule has 0 radical (unpaired) electrons. The number of nitrogens with one attached hydrogen (secondary N) is 2. The van der Waals surface area contributed by atoms with Crippen LogP contribution in [-0.2, 0) is 20.9 Å². The number of amides is 2. The summed E-state index contributed by atoms with van der Waals surface area (Å²) in [6.07, 6.45) is 0. The van der Waals surface area contributed by atoms with E-state index in [0.29, 0.717) is 12.1 Å². The molecule has 1 heterocycles. The monoisotopic (exact) mass is 360 g/mol. The summed E-state index contributed by atoms with van der Waals surface area (Å²) in [5.74, 6) is -1.03. The SMILES string of the molecule is CC(=O)NCc1ccc(C(=O)OCC(=O)NC(C)c2cccs2)cc1. The maximum absolute atomic E-state index is 12.0. The molecule has 25 heavy (non-hydrogen) atoms. The van der Waals surface area contributed by atoms with Gasteiger partial charge in [0.15, 0.2) is 6.61 Å². The van der Waals surface area contributed by atoms with Crippen LogP contribution in [0.4, 0.5) is 0 Å². The summed E-state index contributed by atoms with van der Waals surface area (Å²) in [5, 5.41) is 7.39. The average Bonchev–Trinajstić information content (AvgIpc) is 3.13. The highest BCUT2D eigenvalue weighted by molar-refractivity contribution is 7.10. The van der Waals surface area contributed by atoms with Crippen LogP contribution in [0.15, 0.2) is 41.8 Å². The van der Waals surface area contributed by atoms with Crippen molar-refractivity contribution in [2.24, 2.45) is 0 Å². The summed E-state index contributed by atoms with van der Waals surface area (Å²) in [7, 11) is 0. The topological polar surface area (TPSA) is 84.5 Å². The molecule has 0 fully saturated rings. The lowest BCUT2D eigenvalue weighted by Gasteiger charge is -2.12. The van der Waals surface area contributed by atoms with Crippen LogP contribution in [0.5, 0.6) is 0 Å². The number of rotatable bonds is 7. The van der Waals surface area contributed by atoms with Crippen molar-refractivity contribution in [3.63, 3.8) is 0 Å². The van der Waals surface area contributed by atoms with Crippen molar-refractivity contribution in [2.75, 3.05) is 6.61 Å². The van der Waals surface area contributed by atoms with Gasteiger partial charge < -0.3 is 15.4 Å². The van der Waals surface area contributed by atoms with Crippen LogP contribution >= 0.6 is 11.3 Å². The van der Waals surface area contributed by atoms with Crippen molar-refractivity contribution in [1.29, 1.82) is 0 Å².